The lowest BCUT2D eigenvalue weighted by Gasteiger charge is -2.45. The molecule has 214 valence electrons. The Balaban J connectivity index is 1.22. The Morgan fingerprint density at radius 1 is 1.00 bits per heavy atom. The smallest absolute Gasteiger partial charge is 0.164 e. The van der Waals surface area contributed by atoms with Crippen molar-refractivity contribution in [3.8, 4) is 11.9 Å². The van der Waals surface area contributed by atoms with Crippen molar-refractivity contribution < 1.29 is 0 Å². The molecule has 1 aliphatic rings. The molecule has 43 heavy (non-hydrogen) atoms. The molecular formula is C33H32N10. The summed E-state index contributed by atoms with van der Waals surface area (Å²) >= 11 is 0. The third-order valence-corrected chi connectivity index (χ3v) is 7.45. The van der Waals surface area contributed by atoms with Crippen LogP contribution in [0, 0.1) is 16.9 Å². The van der Waals surface area contributed by atoms with Gasteiger partial charge in [0.05, 0.1) is 23.8 Å². The van der Waals surface area contributed by atoms with Crippen molar-refractivity contribution in [2.75, 3.05) is 18.4 Å². The number of likely N-dealkylation sites (tertiary alicyclic amines) is 1. The van der Waals surface area contributed by atoms with Gasteiger partial charge in [-0.3, -0.25) is 4.90 Å². The van der Waals surface area contributed by atoms with Gasteiger partial charge in [0.2, 0.25) is 0 Å². The first-order valence-corrected chi connectivity index (χ1v) is 14.2. The molecule has 0 spiro atoms. The SMILES string of the molecule is CC(C)Nc1cc(-n2ncc3cc(C#N)cnc32)ncc1/C(=C/NC1CN(C(c2ccccc2)c2ccccc2)C1)N=N. The first-order valence-electron chi connectivity index (χ1n) is 14.2. The van der Waals surface area contributed by atoms with Crippen molar-refractivity contribution in [1.82, 2.24) is 30.0 Å². The van der Waals surface area contributed by atoms with Crippen molar-refractivity contribution in [3.63, 3.8) is 0 Å². The molecule has 0 unspecified atom stereocenters. The lowest BCUT2D eigenvalue weighted by Crippen LogP contribution is -2.57. The van der Waals surface area contributed by atoms with Crippen LogP contribution in [0.5, 0.6) is 0 Å². The van der Waals surface area contributed by atoms with E-state index in [1.54, 1.807) is 23.1 Å². The van der Waals surface area contributed by atoms with Crippen molar-refractivity contribution in [1.29, 1.82) is 10.8 Å². The quantitative estimate of drug-likeness (QED) is 0.179. The van der Waals surface area contributed by atoms with E-state index < -0.39 is 0 Å². The number of aromatic nitrogens is 4. The molecule has 1 saturated heterocycles. The molecule has 3 N–H and O–H groups in total. The minimum atomic E-state index is 0.132. The van der Waals surface area contributed by atoms with Gasteiger partial charge in [-0.05, 0) is 31.0 Å². The molecule has 10 nitrogen and oxygen atoms in total. The number of benzene rings is 2. The van der Waals surface area contributed by atoms with Gasteiger partial charge in [-0.2, -0.15) is 20.2 Å². The van der Waals surface area contributed by atoms with E-state index in [9.17, 15) is 5.26 Å². The van der Waals surface area contributed by atoms with Crippen LogP contribution in [0.4, 0.5) is 5.69 Å². The number of rotatable bonds is 10. The molecule has 0 atom stereocenters. The highest BCUT2D eigenvalue weighted by molar-refractivity contribution is 5.79. The fraction of sp³-hybridized carbons (Fsp3) is 0.212. The molecule has 2 aromatic carbocycles. The Hall–Kier alpha value is -5.40. The number of nitriles is 1. The monoisotopic (exact) mass is 568 g/mol. The van der Waals surface area contributed by atoms with Crippen molar-refractivity contribution in [2.24, 2.45) is 5.11 Å². The van der Waals surface area contributed by atoms with E-state index in [2.05, 4.69) is 104 Å². The van der Waals surface area contributed by atoms with Crippen LogP contribution in [0.2, 0.25) is 0 Å². The van der Waals surface area contributed by atoms with E-state index in [-0.39, 0.29) is 18.1 Å². The Morgan fingerprint density at radius 3 is 2.33 bits per heavy atom. The van der Waals surface area contributed by atoms with Crippen LogP contribution in [0.25, 0.3) is 22.5 Å². The zero-order valence-electron chi connectivity index (χ0n) is 24.0. The lowest BCUT2D eigenvalue weighted by atomic mass is 9.93. The maximum absolute atomic E-state index is 9.20. The van der Waals surface area contributed by atoms with Crippen molar-refractivity contribution in [3.05, 3.63) is 120 Å². The second kappa shape index (κ2) is 12.2. The topological polar surface area (TPSA) is 131 Å². The van der Waals surface area contributed by atoms with E-state index in [1.807, 2.05) is 24.4 Å². The van der Waals surface area contributed by atoms with Crippen LogP contribution in [-0.2, 0) is 0 Å². The maximum atomic E-state index is 9.20. The molecule has 1 aliphatic heterocycles. The second-order valence-electron chi connectivity index (χ2n) is 10.9. The van der Waals surface area contributed by atoms with Gasteiger partial charge < -0.3 is 10.6 Å². The second-order valence-corrected chi connectivity index (χ2v) is 10.9. The summed E-state index contributed by atoms with van der Waals surface area (Å²) < 4.78 is 1.64. The number of fused-ring (bicyclic) bond motifs is 1. The minimum absolute atomic E-state index is 0.132. The highest BCUT2D eigenvalue weighted by atomic mass is 15.3. The number of pyridine rings is 2. The van der Waals surface area contributed by atoms with Crippen LogP contribution in [0.3, 0.4) is 0 Å². The number of nitrogens with one attached hydrogen (secondary N) is 3. The Labute approximate surface area is 250 Å². The summed E-state index contributed by atoms with van der Waals surface area (Å²) in [4.78, 5) is 11.5. The van der Waals surface area contributed by atoms with Crippen LogP contribution in [0.15, 0.2) is 103 Å². The summed E-state index contributed by atoms with van der Waals surface area (Å²) in [5.74, 6) is 0.568. The van der Waals surface area contributed by atoms with E-state index in [0.717, 1.165) is 24.2 Å². The minimum Gasteiger partial charge on any atom is -0.384 e. The van der Waals surface area contributed by atoms with Gasteiger partial charge in [0, 0.05) is 60.4 Å². The zero-order valence-corrected chi connectivity index (χ0v) is 24.0. The molecule has 4 heterocycles. The molecule has 3 aromatic heterocycles. The summed E-state index contributed by atoms with van der Waals surface area (Å²) in [5, 5.41) is 25.2. The van der Waals surface area contributed by atoms with Gasteiger partial charge in [-0.15, -0.1) is 0 Å². The summed E-state index contributed by atoms with van der Waals surface area (Å²) in [6, 6.07) is 27.5. The molecule has 6 rings (SSSR count). The fourth-order valence-corrected chi connectivity index (χ4v) is 5.43. The van der Waals surface area contributed by atoms with Crippen LogP contribution >= 0.6 is 0 Å². The van der Waals surface area contributed by atoms with Gasteiger partial charge in [0.15, 0.2) is 11.5 Å². The molecule has 0 saturated carbocycles. The molecular weight excluding hydrogens is 536 g/mol. The Bertz CT molecular complexity index is 1760. The van der Waals surface area contributed by atoms with E-state index in [0.29, 0.717) is 28.3 Å². The molecule has 5 aromatic rings. The van der Waals surface area contributed by atoms with Crippen LogP contribution in [0.1, 0.15) is 42.1 Å². The predicted molar refractivity (Wildman–Crippen MR) is 166 cm³/mol. The molecule has 0 radical (unpaired) electrons. The van der Waals surface area contributed by atoms with E-state index in [1.165, 1.54) is 17.3 Å². The maximum Gasteiger partial charge on any atom is 0.164 e. The largest absolute Gasteiger partial charge is 0.384 e. The first kappa shape index (κ1) is 27.8. The lowest BCUT2D eigenvalue weighted by molar-refractivity contribution is 0.101. The number of nitrogens with zero attached hydrogens (tertiary/aromatic N) is 7. The molecule has 0 aliphatic carbocycles. The van der Waals surface area contributed by atoms with E-state index in [4.69, 9.17) is 5.53 Å². The summed E-state index contributed by atoms with van der Waals surface area (Å²) in [7, 11) is 0. The molecule has 10 heteroatoms. The van der Waals surface area contributed by atoms with Gasteiger partial charge in [0.25, 0.3) is 0 Å². The van der Waals surface area contributed by atoms with Crippen molar-refractivity contribution >= 4 is 22.4 Å². The highest BCUT2D eigenvalue weighted by Crippen LogP contribution is 2.33. The van der Waals surface area contributed by atoms with Crippen molar-refractivity contribution in [2.45, 2.75) is 32.0 Å². The summed E-state index contributed by atoms with van der Waals surface area (Å²) in [5.41, 5.74) is 13.6. The Morgan fingerprint density at radius 2 is 1.70 bits per heavy atom. The fourth-order valence-electron chi connectivity index (χ4n) is 5.43. The number of hydrogen-bond acceptors (Lipinski definition) is 9. The Kier molecular flexibility index (Phi) is 7.89. The van der Waals surface area contributed by atoms with E-state index >= 15 is 0 Å². The van der Waals surface area contributed by atoms with Gasteiger partial charge in [-0.1, -0.05) is 60.7 Å². The highest BCUT2D eigenvalue weighted by Gasteiger charge is 2.33. The first-order chi connectivity index (χ1) is 21.0. The molecule has 1 fully saturated rings. The number of hydrogen-bond donors (Lipinski definition) is 3. The van der Waals surface area contributed by atoms with Crippen LogP contribution < -0.4 is 10.6 Å². The van der Waals surface area contributed by atoms with Gasteiger partial charge >= 0.3 is 0 Å². The third-order valence-electron chi connectivity index (χ3n) is 7.45. The third kappa shape index (κ3) is 5.84. The molecule has 0 amide bonds. The zero-order chi connectivity index (χ0) is 29.8. The standard InChI is InChI=1S/C33H32N10/c1-22(2)40-29-14-31(43-33-26(17-39-43)13-23(15-34)16-38-33)37-18-28(29)30(41-35)19-36-27-20-42(21-27)32(24-9-5-3-6-10-24)25-11-7-4-8-12-25/h3-14,16-19,22,27,32,35-36H,20-21H2,1-2H3,(H,37,40)/b30-19-,41-35?. The predicted octanol–water partition coefficient (Wildman–Crippen LogP) is 5.90. The van der Waals surface area contributed by atoms with Crippen LogP contribution in [-0.4, -0.2) is 49.8 Å². The van der Waals surface area contributed by atoms with Gasteiger partial charge in [-0.25, -0.2) is 15.5 Å². The number of anilines is 1. The normalized spacial score (nSPS) is 14.1. The molecule has 0 bridgehead atoms. The van der Waals surface area contributed by atoms with Gasteiger partial charge in [0.1, 0.15) is 11.8 Å². The summed E-state index contributed by atoms with van der Waals surface area (Å²) in [6.07, 6.45) is 6.71. The average Bonchev–Trinajstić information content (AvgIpc) is 3.44. The summed E-state index contributed by atoms with van der Waals surface area (Å²) in [6.45, 7) is 5.82. The average molecular weight is 569 g/mol.